The SMILES string of the molecule is O=[N+]([O-])OCC(F)([N+](=O)[O-])[N+](=O)[O-]. The van der Waals surface area contributed by atoms with E-state index < -0.39 is 27.5 Å². The van der Waals surface area contributed by atoms with Gasteiger partial charge in [-0.15, -0.1) is 10.1 Å². The first kappa shape index (κ1) is 10.9. The Kier molecular flexibility index (Phi) is 2.99. The maximum absolute atomic E-state index is 12.6. The monoisotopic (exact) mass is 199 g/mol. The van der Waals surface area contributed by atoms with E-state index in [-0.39, 0.29) is 0 Å². The first-order valence-corrected chi connectivity index (χ1v) is 2.56. The highest BCUT2D eigenvalue weighted by Crippen LogP contribution is 2.13. The summed E-state index contributed by atoms with van der Waals surface area (Å²) >= 11 is 0. The molecule has 0 aromatic rings. The first-order chi connectivity index (χ1) is 5.80. The zero-order valence-electron chi connectivity index (χ0n) is 5.78. The molecule has 13 heavy (non-hydrogen) atoms. The Balaban J connectivity index is 4.52. The molecule has 0 heterocycles. The molecule has 0 bridgehead atoms. The van der Waals surface area contributed by atoms with Crippen molar-refractivity contribution in [3.63, 3.8) is 0 Å². The van der Waals surface area contributed by atoms with Crippen LogP contribution in [0.25, 0.3) is 0 Å². The van der Waals surface area contributed by atoms with E-state index in [1.165, 1.54) is 0 Å². The second-order valence-electron chi connectivity index (χ2n) is 1.73. The molecule has 0 rings (SSSR count). The van der Waals surface area contributed by atoms with Crippen LogP contribution in [0.1, 0.15) is 0 Å². The van der Waals surface area contributed by atoms with E-state index >= 15 is 0 Å². The zero-order valence-corrected chi connectivity index (χ0v) is 5.78. The Hall–Kier alpha value is -2.07. The lowest BCUT2D eigenvalue weighted by Crippen LogP contribution is -2.46. The summed E-state index contributed by atoms with van der Waals surface area (Å²) in [4.78, 5) is 28.3. The third-order valence-corrected chi connectivity index (χ3v) is 0.913. The average Bonchev–Trinajstić information content (AvgIpc) is 1.99. The summed E-state index contributed by atoms with van der Waals surface area (Å²) in [5.41, 5.74) is 0. The van der Waals surface area contributed by atoms with E-state index in [2.05, 4.69) is 4.84 Å². The summed E-state index contributed by atoms with van der Waals surface area (Å²) in [6, 6.07) is 0. The fourth-order valence-electron chi connectivity index (χ4n) is 0.307. The van der Waals surface area contributed by atoms with E-state index in [4.69, 9.17) is 0 Å². The molecule has 11 heteroatoms. The van der Waals surface area contributed by atoms with Crippen molar-refractivity contribution in [3.8, 4) is 0 Å². The highest BCUT2D eigenvalue weighted by Gasteiger charge is 2.59. The molecule has 0 spiro atoms. The molecule has 0 aromatic heterocycles. The topological polar surface area (TPSA) is 139 Å². The summed E-state index contributed by atoms with van der Waals surface area (Å²) in [7, 11) is 0. The van der Waals surface area contributed by atoms with Gasteiger partial charge < -0.3 is 0 Å². The van der Waals surface area contributed by atoms with Crippen molar-refractivity contribution in [3.05, 3.63) is 30.3 Å². The second-order valence-corrected chi connectivity index (χ2v) is 1.73. The smallest absolute Gasteiger partial charge is 0.294 e. The van der Waals surface area contributed by atoms with Crippen molar-refractivity contribution in [2.75, 3.05) is 6.61 Å². The maximum atomic E-state index is 12.6. The number of hydrogen-bond acceptors (Lipinski definition) is 7. The van der Waals surface area contributed by atoms with Crippen LogP contribution in [-0.4, -0.2) is 27.5 Å². The molecule has 0 aromatic carbocycles. The minimum absolute atomic E-state index is 1.57. The number of nitro groups is 2. The van der Waals surface area contributed by atoms with E-state index in [1.54, 1.807) is 0 Å². The highest BCUT2D eigenvalue weighted by atomic mass is 19.2. The zero-order chi connectivity index (χ0) is 10.6. The van der Waals surface area contributed by atoms with Crippen molar-refractivity contribution in [1.29, 1.82) is 0 Å². The van der Waals surface area contributed by atoms with Crippen molar-refractivity contribution < 1.29 is 24.2 Å². The molecule has 0 unspecified atom stereocenters. The highest BCUT2D eigenvalue weighted by molar-refractivity contribution is 4.47. The van der Waals surface area contributed by atoms with Gasteiger partial charge in [0, 0.05) is 0 Å². The van der Waals surface area contributed by atoms with E-state index in [9.17, 15) is 34.7 Å². The van der Waals surface area contributed by atoms with Crippen LogP contribution in [0.3, 0.4) is 0 Å². The minimum Gasteiger partial charge on any atom is -0.294 e. The fraction of sp³-hybridized carbons (Fsp3) is 1.00. The lowest BCUT2D eigenvalue weighted by molar-refractivity contribution is -0.861. The van der Waals surface area contributed by atoms with Crippen LogP contribution in [0, 0.1) is 30.3 Å². The van der Waals surface area contributed by atoms with E-state index in [0.29, 0.717) is 0 Å². The van der Waals surface area contributed by atoms with E-state index in [0.717, 1.165) is 0 Å². The lowest BCUT2D eigenvalue weighted by Gasteiger charge is -2.05. The minimum atomic E-state index is -4.19. The molecule has 0 aliphatic heterocycles. The molecule has 0 aliphatic carbocycles. The molecule has 0 saturated heterocycles. The summed E-state index contributed by atoms with van der Waals surface area (Å²) < 4.78 is 12.6. The number of rotatable bonds is 5. The predicted octanol–water partition coefficient (Wildman–Crippen LogP) is -0.629. The van der Waals surface area contributed by atoms with Crippen molar-refractivity contribution >= 4 is 0 Å². The maximum Gasteiger partial charge on any atom is 0.638 e. The third kappa shape index (κ3) is 2.46. The van der Waals surface area contributed by atoms with Gasteiger partial charge in [0.1, 0.15) is 9.85 Å². The van der Waals surface area contributed by atoms with Crippen LogP contribution >= 0.6 is 0 Å². The molecule has 0 saturated carbocycles. The van der Waals surface area contributed by atoms with Crippen LogP contribution in [0.15, 0.2) is 0 Å². The second kappa shape index (κ2) is 3.55. The molecule has 0 fully saturated rings. The van der Waals surface area contributed by atoms with Gasteiger partial charge in [-0.05, 0) is 0 Å². The summed E-state index contributed by atoms with van der Waals surface area (Å²) in [5.74, 6) is -4.19. The molecule has 0 amide bonds. The van der Waals surface area contributed by atoms with Gasteiger partial charge in [0.25, 0.3) is 11.7 Å². The van der Waals surface area contributed by atoms with Gasteiger partial charge in [-0.1, -0.05) is 4.39 Å². The Morgan fingerprint density at radius 2 is 1.54 bits per heavy atom. The third-order valence-electron chi connectivity index (χ3n) is 0.913. The predicted molar refractivity (Wildman–Crippen MR) is 30.8 cm³/mol. The number of alkyl halides is 1. The molecular formula is C2H2FN3O7. The van der Waals surface area contributed by atoms with Crippen molar-refractivity contribution in [1.82, 2.24) is 0 Å². The average molecular weight is 199 g/mol. The van der Waals surface area contributed by atoms with E-state index in [1.807, 2.05) is 0 Å². The van der Waals surface area contributed by atoms with Gasteiger partial charge >= 0.3 is 5.92 Å². The Labute approximate surface area is 68.3 Å². The van der Waals surface area contributed by atoms with Gasteiger partial charge in [-0.3, -0.25) is 25.1 Å². The largest absolute Gasteiger partial charge is 0.638 e. The number of hydrogen-bond donors (Lipinski definition) is 0. The number of halogens is 1. The Morgan fingerprint density at radius 1 is 1.15 bits per heavy atom. The van der Waals surface area contributed by atoms with Crippen LogP contribution in [0.2, 0.25) is 0 Å². The standard InChI is InChI=1S/C2H2FN3O7/c3-2(4(7)8,5(9)10)1-13-6(11)12/h1H2. The molecule has 0 aliphatic rings. The molecule has 10 nitrogen and oxygen atoms in total. The van der Waals surface area contributed by atoms with Crippen LogP contribution in [0.5, 0.6) is 0 Å². The van der Waals surface area contributed by atoms with Gasteiger partial charge in [-0.25, -0.2) is 0 Å². The first-order valence-electron chi connectivity index (χ1n) is 2.56. The summed E-state index contributed by atoms with van der Waals surface area (Å²) in [6.07, 6.45) is 0. The lowest BCUT2D eigenvalue weighted by atomic mass is 10.5. The summed E-state index contributed by atoms with van der Waals surface area (Å²) in [6.45, 7) is -1.89. The van der Waals surface area contributed by atoms with Crippen LogP contribution in [0.4, 0.5) is 4.39 Å². The van der Waals surface area contributed by atoms with Crippen molar-refractivity contribution in [2.45, 2.75) is 5.92 Å². The van der Waals surface area contributed by atoms with Gasteiger partial charge in [0.15, 0.2) is 0 Å². The van der Waals surface area contributed by atoms with Gasteiger partial charge in [0.05, 0.1) is 0 Å². The van der Waals surface area contributed by atoms with Gasteiger partial charge in [0.2, 0.25) is 0 Å². The molecular weight excluding hydrogens is 197 g/mol. The molecule has 0 N–H and O–H groups in total. The molecule has 0 radical (unpaired) electrons. The molecule has 74 valence electrons. The summed E-state index contributed by atoms with van der Waals surface area (Å²) in [5, 5.41) is 27.4. The molecule has 0 atom stereocenters. The van der Waals surface area contributed by atoms with Crippen LogP contribution in [-0.2, 0) is 4.84 Å². The van der Waals surface area contributed by atoms with Gasteiger partial charge in [-0.2, -0.15) is 0 Å². The fourth-order valence-corrected chi connectivity index (χ4v) is 0.307. The van der Waals surface area contributed by atoms with Crippen LogP contribution < -0.4 is 0 Å². The normalized spacial score (nSPS) is 10.5. The Bertz CT molecular complexity index is 238. The quantitative estimate of drug-likeness (QED) is 0.248. The van der Waals surface area contributed by atoms with Crippen molar-refractivity contribution in [2.24, 2.45) is 0 Å². The Morgan fingerprint density at radius 3 is 1.77 bits per heavy atom. The number of nitrogens with zero attached hydrogens (tertiary/aromatic N) is 3.